The van der Waals surface area contributed by atoms with Crippen molar-refractivity contribution in [1.82, 2.24) is 0 Å². The van der Waals surface area contributed by atoms with Crippen molar-refractivity contribution in [2.45, 2.75) is 13.8 Å². The molecule has 2 heterocycles. The quantitative estimate of drug-likeness (QED) is 0.331. The summed E-state index contributed by atoms with van der Waals surface area (Å²) in [5, 5.41) is 0.111. The summed E-state index contributed by atoms with van der Waals surface area (Å²) in [6.45, 7) is 3.97. The van der Waals surface area contributed by atoms with Crippen molar-refractivity contribution < 1.29 is 14.0 Å². The Morgan fingerprint density at radius 2 is 1.50 bits per heavy atom. The number of carbonyl (C=O) groups is 2. The average molecular weight is 446 g/mol. The lowest BCUT2D eigenvalue weighted by Gasteiger charge is -2.36. The molecule has 0 bridgehead atoms. The lowest BCUT2D eigenvalue weighted by molar-refractivity contribution is -0.120. The van der Waals surface area contributed by atoms with Gasteiger partial charge in [0.05, 0.1) is 11.4 Å². The fourth-order valence-corrected chi connectivity index (χ4v) is 3.81. The van der Waals surface area contributed by atoms with Gasteiger partial charge in [0.2, 0.25) is 0 Å². The summed E-state index contributed by atoms with van der Waals surface area (Å²) in [6, 6.07) is 18.2. The molecule has 7 heteroatoms. The Morgan fingerprint density at radius 3 is 2.09 bits per heavy atom. The fourth-order valence-electron chi connectivity index (χ4n) is 3.43. The van der Waals surface area contributed by atoms with E-state index < -0.39 is 11.8 Å². The van der Waals surface area contributed by atoms with Gasteiger partial charge in [0.25, 0.3) is 11.8 Å². The van der Waals surface area contributed by atoms with Gasteiger partial charge in [-0.1, -0.05) is 24.3 Å². The van der Waals surface area contributed by atoms with Gasteiger partial charge in [-0.05, 0) is 73.6 Å². The Balaban J connectivity index is 1.85. The number of rotatable bonds is 4. The molecule has 1 aromatic heterocycles. The standard InChI is InChI=1S/C25H23N3O3S/c1-16-10-11-19(14-17(16)2)28-24(30)21(15-20-12-13-22(31-20)26(3)4)23(29)27(25(28)32)18-8-6-5-7-9-18/h5-15H,1-4H3. The van der Waals surface area contributed by atoms with Crippen LogP contribution in [-0.2, 0) is 9.59 Å². The van der Waals surface area contributed by atoms with Crippen LogP contribution in [0.1, 0.15) is 16.9 Å². The second-order valence-corrected chi connectivity index (χ2v) is 8.16. The van der Waals surface area contributed by atoms with Crippen molar-refractivity contribution in [3.05, 3.63) is 83.1 Å². The third-order valence-electron chi connectivity index (χ3n) is 5.35. The van der Waals surface area contributed by atoms with Gasteiger partial charge in [-0.2, -0.15) is 0 Å². The number of nitrogens with zero attached hydrogens (tertiary/aromatic N) is 3. The first kappa shape index (κ1) is 21.5. The van der Waals surface area contributed by atoms with Crippen LogP contribution < -0.4 is 14.7 Å². The molecule has 1 saturated heterocycles. The molecule has 0 N–H and O–H groups in total. The van der Waals surface area contributed by atoms with E-state index in [0.717, 1.165) is 11.1 Å². The van der Waals surface area contributed by atoms with Crippen LogP contribution in [0.2, 0.25) is 0 Å². The molecule has 0 atom stereocenters. The molecule has 1 aliphatic rings. The molecule has 0 spiro atoms. The molecule has 3 aromatic rings. The van der Waals surface area contributed by atoms with Crippen molar-refractivity contribution in [1.29, 1.82) is 0 Å². The van der Waals surface area contributed by atoms with Gasteiger partial charge in [0.15, 0.2) is 11.0 Å². The van der Waals surface area contributed by atoms with Crippen LogP contribution in [0, 0.1) is 13.8 Å². The molecule has 6 nitrogen and oxygen atoms in total. The van der Waals surface area contributed by atoms with Gasteiger partial charge in [0, 0.05) is 20.2 Å². The van der Waals surface area contributed by atoms with E-state index in [1.165, 1.54) is 15.9 Å². The van der Waals surface area contributed by atoms with Gasteiger partial charge < -0.3 is 9.32 Å². The summed E-state index contributed by atoms with van der Waals surface area (Å²) in [6.07, 6.45) is 1.48. The molecule has 2 aromatic carbocycles. The molecule has 162 valence electrons. The Bertz CT molecular complexity index is 1240. The summed E-state index contributed by atoms with van der Waals surface area (Å²) in [5.41, 5.74) is 3.29. The lowest BCUT2D eigenvalue weighted by Crippen LogP contribution is -2.57. The maximum absolute atomic E-state index is 13.5. The van der Waals surface area contributed by atoms with Crippen LogP contribution >= 0.6 is 12.2 Å². The minimum atomic E-state index is -0.492. The number of aryl methyl sites for hydroxylation is 2. The number of carbonyl (C=O) groups excluding carboxylic acids is 2. The third-order valence-corrected chi connectivity index (χ3v) is 5.72. The number of benzene rings is 2. The number of hydrogen-bond acceptors (Lipinski definition) is 5. The highest BCUT2D eigenvalue weighted by Crippen LogP contribution is 2.31. The first-order valence-corrected chi connectivity index (χ1v) is 10.5. The van der Waals surface area contributed by atoms with E-state index in [2.05, 4.69) is 0 Å². The van der Waals surface area contributed by atoms with E-state index in [1.54, 1.807) is 29.2 Å². The molecule has 0 unspecified atom stereocenters. The second kappa shape index (κ2) is 8.43. The summed E-state index contributed by atoms with van der Waals surface area (Å²) >= 11 is 5.65. The molecule has 4 rings (SSSR count). The van der Waals surface area contributed by atoms with Gasteiger partial charge in [-0.25, -0.2) is 0 Å². The number of para-hydroxylation sites is 1. The zero-order valence-electron chi connectivity index (χ0n) is 18.3. The zero-order valence-corrected chi connectivity index (χ0v) is 19.1. The van der Waals surface area contributed by atoms with Crippen molar-refractivity contribution in [2.75, 3.05) is 28.8 Å². The Labute approximate surface area is 192 Å². The summed E-state index contributed by atoms with van der Waals surface area (Å²) < 4.78 is 5.76. The highest BCUT2D eigenvalue weighted by atomic mass is 32.1. The topological polar surface area (TPSA) is 57.0 Å². The van der Waals surface area contributed by atoms with E-state index in [1.807, 2.05) is 64.3 Å². The van der Waals surface area contributed by atoms with Crippen LogP contribution in [0.3, 0.4) is 0 Å². The van der Waals surface area contributed by atoms with Gasteiger partial charge in [-0.15, -0.1) is 0 Å². The Hall–Kier alpha value is -3.71. The second-order valence-electron chi connectivity index (χ2n) is 7.80. The minimum Gasteiger partial charge on any atom is -0.441 e. The Morgan fingerprint density at radius 1 is 0.844 bits per heavy atom. The number of hydrogen-bond donors (Lipinski definition) is 0. The predicted octanol–water partition coefficient (Wildman–Crippen LogP) is 4.71. The van der Waals surface area contributed by atoms with Gasteiger partial charge >= 0.3 is 0 Å². The number of anilines is 3. The van der Waals surface area contributed by atoms with Crippen LogP contribution in [-0.4, -0.2) is 31.0 Å². The third kappa shape index (κ3) is 3.83. The summed E-state index contributed by atoms with van der Waals surface area (Å²) in [4.78, 5) is 31.6. The normalized spacial score (nSPS) is 15.6. The monoisotopic (exact) mass is 445 g/mol. The summed E-state index contributed by atoms with van der Waals surface area (Å²) in [5.74, 6) is 0.0487. The van der Waals surface area contributed by atoms with Gasteiger partial charge in [0.1, 0.15) is 11.3 Å². The maximum Gasteiger partial charge on any atom is 0.270 e. The fraction of sp³-hybridized carbons (Fsp3) is 0.160. The lowest BCUT2D eigenvalue weighted by atomic mass is 10.1. The number of amides is 2. The number of furan rings is 1. The van der Waals surface area contributed by atoms with Crippen molar-refractivity contribution in [2.24, 2.45) is 0 Å². The summed E-state index contributed by atoms with van der Waals surface area (Å²) in [7, 11) is 3.70. The van der Waals surface area contributed by atoms with E-state index in [4.69, 9.17) is 16.6 Å². The van der Waals surface area contributed by atoms with E-state index in [0.29, 0.717) is 23.0 Å². The van der Waals surface area contributed by atoms with Crippen molar-refractivity contribution in [3.63, 3.8) is 0 Å². The number of thiocarbonyl (C=S) groups is 1. The van der Waals surface area contributed by atoms with E-state index in [9.17, 15) is 9.59 Å². The molecule has 1 fully saturated rings. The molecule has 2 amide bonds. The predicted molar refractivity (Wildman–Crippen MR) is 131 cm³/mol. The molecule has 32 heavy (non-hydrogen) atoms. The minimum absolute atomic E-state index is 0.0275. The molecule has 1 aliphatic heterocycles. The molecule has 0 radical (unpaired) electrons. The first-order chi connectivity index (χ1) is 15.3. The van der Waals surface area contributed by atoms with E-state index in [-0.39, 0.29) is 10.7 Å². The zero-order chi connectivity index (χ0) is 23.0. The van der Waals surface area contributed by atoms with Gasteiger partial charge in [-0.3, -0.25) is 19.4 Å². The molecular weight excluding hydrogens is 422 g/mol. The molecule has 0 saturated carbocycles. The highest BCUT2D eigenvalue weighted by molar-refractivity contribution is 7.81. The maximum atomic E-state index is 13.5. The first-order valence-electron chi connectivity index (χ1n) is 10.1. The molecule has 0 aliphatic carbocycles. The SMILES string of the molecule is Cc1ccc(N2C(=O)C(=Cc3ccc(N(C)C)o3)C(=O)N(c3ccccc3)C2=S)cc1C. The van der Waals surface area contributed by atoms with Crippen LogP contribution in [0.4, 0.5) is 17.3 Å². The van der Waals surface area contributed by atoms with Crippen LogP contribution in [0.5, 0.6) is 0 Å². The largest absolute Gasteiger partial charge is 0.441 e. The average Bonchev–Trinajstić information content (AvgIpc) is 3.24. The molecular formula is C25H23N3O3S. The van der Waals surface area contributed by atoms with E-state index >= 15 is 0 Å². The Kier molecular flexibility index (Phi) is 5.67. The smallest absolute Gasteiger partial charge is 0.270 e. The highest BCUT2D eigenvalue weighted by Gasteiger charge is 2.41. The van der Waals surface area contributed by atoms with Crippen molar-refractivity contribution >= 4 is 52.5 Å². The van der Waals surface area contributed by atoms with Crippen LogP contribution in [0.25, 0.3) is 6.08 Å². The van der Waals surface area contributed by atoms with Crippen LogP contribution in [0.15, 0.2) is 70.7 Å². The van der Waals surface area contributed by atoms with Crippen molar-refractivity contribution in [3.8, 4) is 0 Å².